The molecule has 0 bridgehead atoms. The first kappa shape index (κ1) is 26.5. The Morgan fingerprint density at radius 1 is 1.12 bits per heavy atom. The molecule has 7 nitrogen and oxygen atoms in total. The number of hydrogen-bond acceptors (Lipinski definition) is 7. The summed E-state index contributed by atoms with van der Waals surface area (Å²) in [7, 11) is -2.17. The number of ether oxygens (including phenoxy) is 1. The molecule has 2 unspecified atom stereocenters. The van der Waals surface area contributed by atoms with Gasteiger partial charge in [0.05, 0.1) is 33.0 Å². The van der Waals surface area contributed by atoms with Crippen molar-refractivity contribution in [2.24, 2.45) is 5.41 Å². The van der Waals surface area contributed by atoms with E-state index in [4.69, 9.17) is 34.6 Å². The lowest BCUT2D eigenvalue weighted by Crippen LogP contribution is -2.36. The van der Waals surface area contributed by atoms with E-state index < -0.39 is 26.1 Å². The highest BCUT2D eigenvalue weighted by atomic mass is 32.5. The summed E-state index contributed by atoms with van der Waals surface area (Å²) in [5.74, 6) is -0.201. The van der Waals surface area contributed by atoms with Gasteiger partial charge in [-0.1, -0.05) is 56.3 Å². The van der Waals surface area contributed by atoms with Gasteiger partial charge >= 0.3 is 7.60 Å². The lowest BCUT2D eigenvalue weighted by atomic mass is 9.83. The van der Waals surface area contributed by atoms with Crippen LogP contribution in [0, 0.1) is 5.41 Å². The molecular weight excluding hydrogens is 480 g/mol. The van der Waals surface area contributed by atoms with Gasteiger partial charge in [-0.2, -0.15) is 0 Å². The van der Waals surface area contributed by atoms with Crippen LogP contribution in [0.1, 0.15) is 50.7 Å². The second-order valence-electron chi connectivity index (χ2n) is 8.34. The molecule has 3 rings (SSSR count). The van der Waals surface area contributed by atoms with E-state index in [2.05, 4.69) is 5.09 Å². The molecule has 0 spiro atoms. The Bertz CT molecular complexity index is 992. The van der Waals surface area contributed by atoms with Crippen LogP contribution < -0.4 is 9.82 Å². The van der Waals surface area contributed by atoms with Crippen LogP contribution in [0.15, 0.2) is 54.6 Å². The zero-order chi connectivity index (χ0) is 24.1. The van der Waals surface area contributed by atoms with E-state index in [1.165, 1.54) is 0 Å². The van der Waals surface area contributed by atoms with Crippen molar-refractivity contribution >= 4 is 26.0 Å². The maximum atomic E-state index is 14.4. The minimum absolute atomic E-state index is 0.254. The van der Waals surface area contributed by atoms with Crippen LogP contribution >= 0.6 is 14.2 Å². The first-order valence-electron chi connectivity index (χ1n) is 10.9. The van der Waals surface area contributed by atoms with Gasteiger partial charge in [-0.25, -0.2) is 5.09 Å². The molecule has 33 heavy (non-hydrogen) atoms. The molecule has 10 heteroatoms. The van der Waals surface area contributed by atoms with E-state index in [1.807, 2.05) is 70.2 Å². The summed E-state index contributed by atoms with van der Waals surface area (Å²) >= 11 is 5.71. The SMILES string of the molecule is CCOP(=S)(NC(c1ccc(OC)cc1)P1(=O)OCC(C)(C)[C@H](c2ccccc2)O1)OCC. The molecule has 1 N–H and O–H groups in total. The minimum Gasteiger partial charge on any atom is -0.497 e. The van der Waals surface area contributed by atoms with Crippen LogP contribution in [0.5, 0.6) is 5.75 Å². The van der Waals surface area contributed by atoms with Gasteiger partial charge in [0.1, 0.15) is 11.5 Å². The van der Waals surface area contributed by atoms with Crippen molar-refractivity contribution in [2.75, 3.05) is 26.9 Å². The zero-order valence-electron chi connectivity index (χ0n) is 19.7. The number of methoxy groups -OCH3 is 1. The van der Waals surface area contributed by atoms with Crippen molar-refractivity contribution < 1.29 is 27.4 Å². The highest BCUT2D eigenvalue weighted by molar-refractivity contribution is 8.09. The van der Waals surface area contributed by atoms with Gasteiger partial charge in [0, 0.05) is 5.41 Å². The third-order valence-corrected chi connectivity index (χ3v) is 10.3. The first-order chi connectivity index (χ1) is 15.7. The Kier molecular flexibility index (Phi) is 8.93. The van der Waals surface area contributed by atoms with Crippen LogP contribution in [0.25, 0.3) is 0 Å². The highest BCUT2D eigenvalue weighted by Gasteiger charge is 2.50. The average Bonchev–Trinajstić information content (AvgIpc) is 2.80. The average molecular weight is 514 g/mol. The molecular formula is C23H33NO6P2S. The molecule has 182 valence electrons. The Morgan fingerprint density at radius 3 is 2.27 bits per heavy atom. The summed E-state index contributed by atoms with van der Waals surface area (Å²) in [5.41, 5.74) is 1.23. The fourth-order valence-electron chi connectivity index (χ4n) is 3.64. The first-order valence-corrected chi connectivity index (χ1v) is 15.2. The molecule has 0 aliphatic carbocycles. The summed E-state index contributed by atoms with van der Waals surface area (Å²) in [6.45, 7) is 5.74. The summed E-state index contributed by atoms with van der Waals surface area (Å²) in [6, 6.07) is 17.0. The smallest absolute Gasteiger partial charge is 0.353 e. The van der Waals surface area contributed by atoms with Crippen molar-refractivity contribution in [1.29, 1.82) is 0 Å². The maximum Gasteiger partial charge on any atom is 0.353 e. The molecule has 1 fully saturated rings. The highest BCUT2D eigenvalue weighted by Crippen LogP contribution is 2.69. The zero-order valence-corrected chi connectivity index (χ0v) is 22.3. The van der Waals surface area contributed by atoms with Crippen molar-refractivity contribution in [2.45, 2.75) is 39.6 Å². The summed E-state index contributed by atoms with van der Waals surface area (Å²) in [4.78, 5) is 0. The van der Waals surface area contributed by atoms with Crippen molar-refractivity contribution in [3.05, 3.63) is 65.7 Å². The van der Waals surface area contributed by atoms with Gasteiger partial charge < -0.3 is 18.3 Å². The van der Waals surface area contributed by atoms with E-state index in [-0.39, 0.29) is 12.0 Å². The molecule has 0 saturated carbocycles. The topological polar surface area (TPSA) is 75.3 Å². The van der Waals surface area contributed by atoms with Crippen molar-refractivity contribution in [1.82, 2.24) is 5.09 Å². The predicted molar refractivity (Wildman–Crippen MR) is 134 cm³/mol. The normalized spacial score (nSPS) is 23.7. The molecule has 2 aromatic rings. The molecule has 3 atom stereocenters. The Morgan fingerprint density at radius 2 is 1.73 bits per heavy atom. The van der Waals surface area contributed by atoms with Crippen LogP contribution in [0.4, 0.5) is 0 Å². The molecule has 0 aromatic heterocycles. The van der Waals surface area contributed by atoms with Gasteiger partial charge in [-0.05, 0) is 48.9 Å². The molecule has 1 saturated heterocycles. The van der Waals surface area contributed by atoms with Crippen molar-refractivity contribution in [3.63, 3.8) is 0 Å². The van der Waals surface area contributed by atoms with Crippen LogP contribution in [0.3, 0.4) is 0 Å². The van der Waals surface area contributed by atoms with E-state index in [0.717, 1.165) is 5.56 Å². The third kappa shape index (κ3) is 6.33. The summed E-state index contributed by atoms with van der Waals surface area (Å²) in [6.07, 6.45) is -0.433. The second-order valence-corrected chi connectivity index (χ2v) is 13.6. The second kappa shape index (κ2) is 11.1. The quantitative estimate of drug-likeness (QED) is 0.357. The molecule has 1 aliphatic rings. The van der Waals surface area contributed by atoms with E-state index >= 15 is 0 Å². The third-order valence-electron chi connectivity index (χ3n) is 5.31. The van der Waals surface area contributed by atoms with Crippen molar-refractivity contribution in [3.8, 4) is 5.75 Å². The number of nitrogens with one attached hydrogen (secondary N) is 1. The lowest BCUT2D eigenvalue weighted by molar-refractivity contribution is -0.0300. The predicted octanol–water partition coefficient (Wildman–Crippen LogP) is 6.59. The van der Waals surface area contributed by atoms with Crippen LogP contribution in [-0.2, 0) is 34.5 Å². The minimum atomic E-state index is -3.77. The lowest BCUT2D eigenvalue weighted by Gasteiger charge is -2.44. The van der Waals surface area contributed by atoms with Gasteiger partial charge in [0.2, 0.25) is 0 Å². The van der Waals surface area contributed by atoms with Gasteiger partial charge in [-0.15, -0.1) is 0 Å². The molecule has 0 amide bonds. The van der Waals surface area contributed by atoms with Crippen LogP contribution in [0.2, 0.25) is 0 Å². The molecule has 1 aliphatic heterocycles. The number of hydrogen-bond donors (Lipinski definition) is 1. The summed E-state index contributed by atoms with van der Waals surface area (Å²) in [5, 5.41) is 3.22. The fraction of sp³-hybridized carbons (Fsp3) is 0.478. The van der Waals surface area contributed by atoms with E-state index in [9.17, 15) is 4.57 Å². The fourth-order valence-corrected chi connectivity index (χ4v) is 9.28. The molecule has 0 radical (unpaired) electrons. The Balaban J connectivity index is 2.04. The molecule has 1 heterocycles. The standard InChI is InChI=1S/C23H33NO6P2S/c1-6-27-32(33,28-7-2)24-22(19-13-15-20(26-5)16-14-19)31(25)29-17-23(3,4)21(30-31)18-11-9-8-10-12-18/h8-16,21-22H,6-7,17H2,1-5H3,(H,24,33)/t21-,22?,31?/m0/s1. The Hall–Kier alpha value is -1.08. The van der Waals surface area contributed by atoms with Gasteiger partial charge in [0.15, 0.2) is 0 Å². The number of rotatable bonds is 10. The Labute approximate surface area is 201 Å². The van der Waals surface area contributed by atoms with E-state index in [1.54, 1.807) is 19.2 Å². The molecule has 2 aromatic carbocycles. The van der Waals surface area contributed by atoms with Gasteiger partial charge in [-0.3, -0.25) is 9.09 Å². The summed E-state index contributed by atoms with van der Waals surface area (Å²) < 4.78 is 43.6. The maximum absolute atomic E-state index is 14.4. The monoisotopic (exact) mass is 513 g/mol. The van der Waals surface area contributed by atoms with Gasteiger partial charge in [0.25, 0.3) is 6.64 Å². The largest absolute Gasteiger partial charge is 0.497 e. The van der Waals surface area contributed by atoms with Crippen LogP contribution in [-0.4, -0.2) is 26.9 Å². The van der Waals surface area contributed by atoms with E-state index in [0.29, 0.717) is 24.5 Å². The number of benzene rings is 2.